The maximum Gasteiger partial charge on any atom is 0.253 e. The van der Waals surface area contributed by atoms with Gasteiger partial charge in [-0.25, -0.2) is 0 Å². The molecule has 5 heteroatoms. The number of pyridine rings is 1. The number of benzene rings is 2. The van der Waals surface area contributed by atoms with Gasteiger partial charge in [0.1, 0.15) is 5.75 Å². The van der Waals surface area contributed by atoms with Crippen molar-refractivity contribution < 1.29 is 4.74 Å². The molecule has 2 atom stereocenters. The van der Waals surface area contributed by atoms with Crippen LogP contribution in [0.2, 0.25) is 0 Å². The molecule has 0 aliphatic carbocycles. The highest BCUT2D eigenvalue weighted by Crippen LogP contribution is 2.27. The number of ether oxygens (including phenoxy) is 1. The van der Waals surface area contributed by atoms with E-state index in [1.165, 1.54) is 12.1 Å². The van der Waals surface area contributed by atoms with E-state index >= 15 is 0 Å². The summed E-state index contributed by atoms with van der Waals surface area (Å²) in [5.74, 6) is 2.24. The van der Waals surface area contributed by atoms with Gasteiger partial charge in [0.2, 0.25) is 0 Å². The van der Waals surface area contributed by atoms with Gasteiger partial charge in [0, 0.05) is 47.5 Å². The van der Waals surface area contributed by atoms with Gasteiger partial charge in [-0.2, -0.15) is 0 Å². The molecule has 0 amide bonds. The zero-order valence-corrected chi connectivity index (χ0v) is 17.4. The van der Waals surface area contributed by atoms with Crippen molar-refractivity contribution in [2.24, 2.45) is 11.8 Å². The number of rotatable bonds is 5. The summed E-state index contributed by atoms with van der Waals surface area (Å²) in [6, 6.07) is 16.1. The molecule has 0 saturated carbocycles. The highest BCUT2D eigenvalue weighted by atomic mass is 16.5. The molecule has 2 heterocycles. The number of nitrogens with zero attached hydrogens (tertiary/aromatic N) is 1. The van der Waals surface area contributed by atoms with Crippen LogP contribution in [0, 0.1) is 11.8 Å². The summed E-state index contributed by atoms with van der Waals surface area (Å²) >= 11 is 0. The zero-order chi connectivity index (χ0) is 20.4. The Morgan fingerprint density at radius 2 is 1.79 bits per heavy atom. The van der Waals surface area contributed by atoms with Crippen LogP contribution in [-0.4, -0.2) is 25.2 Å². The van der Waals surface area contributed by atoms with Gasteiger partial charge in [0.05, 0.1) is 7.11 Å². The monoisotopic (exact) mass is 391 g/mol. The Labute approximate surface area is 171 Å². The molecule has 5 nitrogen and oxygen atoms in total. The summed E-state index contributed by atoms with van der Waals surface area (Å²) in [7, 11) is 1.64. The molecule has 1 saturated heterocycles. The molecule has 0 unspecified atom stereocenters. The van der Waals surface area contributed by atoms with Crippen molar-refractivity contribution in [3.05, 3.63) is 64.4 Å². The van der Waals surface area contributed by atoms with Gasteiger partial charge >= 0.3 is 0 Å². The van der Waals surface area contributed by atoms with Crippen LogP contribution in [-0.2, 0) is 6.54 Å². The van der Waals surface area contributed by atoms with Gasteiger partial charge in [-0.15, -0.1) is 0 Å². The van der Waals surface area contributed by atoms with Crippen molar-refractivity contribution in [1.29, 1.82) is 0 Å². The molecule has 2 aromatic carbocycles. The Morgan fingerprint density at radius 3 is 2.48 bits per heavy atom. The standard InChI is InChI=1S/C24H29N3O2/c1-16-10-17(2)15-27(14-16)21-6-4-20(5-7-21)25-13-19-11-18-12-22(29-3)8-9-23(18)26-24(19)28/h4-9,11-12,16-17,25H,10,13-15H2,1-3H3,(H,26,28)/t16-,17-/m1/s1. The molecule has 1 fully saturated rings. The molecular weight excluding hydrogens is 362 g/mol. The van der Waals surface area contributed by atoms with Crippen LogP contribution < -0.4 is 20.5 Å². The second-order valence-corrected chi connectivity index (χ2v) is 8.33. The van der Waals surface area contributed by atoms with Crippen molar-refractivity contribution in [2.75, 3.05) is 30.4 Å². The lowest BCUT2D eigenvalue weighted by Gasteiger charge is -2.36. The van der Waals surface area contributed by atoms with E-state index in [2.05, 4.69) is 53.3 Å². The second kappa shape index (κ2) is 8.19. The first-order valence-corrected chi connectivity index (χ1v) is 10.3. The average molecular weight is 392 g/mol. The number of fused-ring (bicyclic) bond motifs is 1. The topological polar surface area (TPSA) is 57.4 Å². The number of aromatic nitrogens is 1. The quantitative estimate of drug-likeness (QED) is 0.666. The van der Waals surface area contributed by atoms with E-state index < -0.39 is 0 Å². The number of anilines is 2. The van der Waals surface area contributed by atoms with Gasteiger partial charge in [-0.3, -0.25) is 4.79 Å². The first-order chi connectivity index (χ1) is 14.0. The zero-order valence-electron chi connectivity index (χ0n) is 17.4. The second-order valence-electron chi connectivity index (χ2n) is 8.33. The third kappa shape index (κ3) is 4.39. The third-order valence-electron chi connectivity index (χ3n) is 5.71. The van der Waals surface area contributed by atoms with Crippen LogP contribution in [0.1, 0.15) is 25.8 Å². The van der Waals surface area contributed by atoms with E-state index in [4.69, 9.17) is 4.74 Å². The van der Waals surface area contributed by atoms with Crippen molar-refractivity contribution in [2.45, 2.75) is 26.8 Å². The summed E-state index contributed by atoms with van der Waals surface area (Å²) in [4.78, 5) is 17.8. The number of hydrogen-bond donors (Lipinski definition) is 2. The Morgan fingerprint density at radius 1 is 1.07 bits per heavy atom. The summed E-state index contributed by atoms with van der Waals surface area (Å²) in [6.45, 7) is 7.37. The van der Waals surface area contributed by atoms with Crippen LogP contribution in [0.25, 0.3) is 10.9 Å². The fourth-order valence-corrected chi connectivity index (χ4v) is 4.35. The van der Waals surface area contributed by atoms with Crippen LogP contribution in [0.3, 0.4) is 0 Å². The molecule has 1 aromatic heterocycles. The number of aromatic amines is 1. The molecular formula is C24H29N3O2. The van der Waals surface area contributed by atoms with Crippen LogP contribution in [0.15, 0.2) is 53.3 Å². The minimum atomic E-state index is -0.0666. The van der Waals surface area contributed by atoms with Gasteiger partial charge in [-0.1, -0.05) is 13.8 Å². The Kier molecular flexibility index (Phi) is 5.47. The number of piperidine rings is 1. The van der Waals surface area contributed by atoms with Crippen molar-refractivity contribution in [3.63, 3.8) is 0 Å². The number of hydrogen-bond acceptors (Lipinski definition) is 4. The lowest BCUT2D eigenvalue weighted by Crippen LogP contribution is -2.38. The highest BCUT2D eigenvalue weighted by Gasteiger charge is 2.21. The van der Waals surface area contributed by atoms with E-state index in [0.29, 0.717) is 12.1 Å². The molecule has 152 valence electrons. The predicted molar refractivity (Wildman–Crippen MR) is 120 cm³/mol. The first-order valence-electron chi connectivity index (χ1n) is 10.3. The molecule has 1 aliphatic rings. The van der Waals surface area contributed by atoms with Gasteiger partial charge < -0.3 is 19.9 Å². The highest BCUT2D eigenvalue weighted by molar-refractivity contribution is 5.80. The van der Waals surface area contributed by atoms with Crippen LogP contribution in [0.4, 0.5) is 11.4 Å². The first kappa shape index (κ1) is 19.4. The molecule has 3 aromatic rings. The molecule has 0 radical (unpaired) electrons. The fourth-order valence-electron chi connectivity index (χ4n) is 4.35. The largest absolute Gasteiger partial charge is 0.497 e. The normalized spacial score (nSPS) is 19.3. The number of nitrogens with one attached hydrogen (secondary N) is 2. The summed E-state index contributed by atoms with van der Waals surface area (Å²) in [5.41, 5.74) is 3.73. The Balaban J connectivity index is 1.46. The molecule has 1 aliphatic heterocycles. The van der Waals surface area contributed by atoms with Gasteiger partial charge in [0.15, 0.2) is 0 Å². The van der Waals surface area contributed by atoms with Crippen molar-refractivity contribution in [3.8, 4) is 5.75 Å². The fraction of sp³-hybridized carbons (Fsp3) is 0.375. The van der Waals surface area contributed by atoms with Crippen LogP contribution in [0.5, 0.6) is 5.75 Å². The third-order valence-corrected chi connectivity index (χ3v) is 5.71. The van der Waals surface area contributed by atoms with Crippen LogP contribution >= 0.6 is 0 Å². The average Bonchev–Trinajstić information content (AvgIpc) is 2.71. The summed E-state index contributed by atoms with van der Waals surface area (Å²) in [6.07, 6.45) is 1.31. The SMILES string of the molecule is COc1ccc2[nH]c(=O)c(CNc3ccc(N4C[C@H](C)C[C@@H](C)C4)cc3)cc2c1. The van der Waals surface area contributed by atoms with E-state index in [1.807, 2.05) is 24.3 Å². The minimum Gasteiger partial charge on any atom is -0.497 e. The molecule has 0 spiro atoms. The molecule has 4 rings (SSSR count). The predicted octanol–water partition coefficient (Wildman–Crippen LogP) is 4.63. The van der Waals surface area contributed by atoms with E-state index in [-0.39, 0.29) is 5.56 Å². The van der Waals surface area contributed by atoms with E-state index in [9.17, 15) is 4.79 Å². The molecule has 29 heavy (non-hydrogen) atoms. The van der Waals surface area contributed by atoms with Gasteiger partial charge in [0.25, 0.3) is 5.56 Å². The summed E-state index contributed by atoms with van der Waals surface area (Å²) in [5, 5.41) is 4.34. The molecule has 2 N–H and O–H groups in total. The summed E-state index contributed by atoms with van der Waals surface area (Å²) < 4.78 is 5.28. The maximum absolute atomic E-state index is 12.4. The van der Waals surface area contributed by atoms with Gasteiger partial charge in [-0.05, 0) is 66.8 Å². The molecule has 0 bridgehead atoms. The van der Waals surface area contributed by atoms with Crippen molar-refractivity contribution in [1.82, 2.24) is 4.98 Å². The minimum absolute atomic E-state index is 0.0666. The van der Waals surface area contributed by atoms with E-state index in [1.54, 1.807) is 7.11 Å². The Bertz CT molecular complexity index is 1030. The lowest BCUT2D eigenvalue weighted by molar-refractivity contribution is 0.357. The smallest absolute Gasteiger partial charge is 0.253 e. The number of H-pyrrole nitrogens is 1. The van der Waals surface area contributed by atoms with Crippen molar-refractivity contribution >= 4 is 22.3 Å². The number of methoxy groups -OCH3 is 1. The maximum atomic E-state index is 12.4. The van der Waals surface area contributed by atoms with E-state index in [0.717, 1.165) is 47.3 Å². The Hall–Kier alpha value is -2.95. The lowest BCUT2D eigenvalue weighted by atomic mass is 9.91.